The van der Waals surface area contributed by atoms with Gasteiger partial charge < -0.3 is 10.2 Å². The Morgan fingerprint density at radius 3 is 3.00 bits per heavy atom. The Morgan fingerprint density at radius 2 is 2.19 bits per heavy atom. The Morgan fingerprint density at radius 1 is 1.29 bits per heavy atom. The molecule has 0 saturated carbocycles. The number of unbranched alkanes of at least 4 members (excludes halogenated alkanes) is 1. The molecule has 4 heteroatoms. The van der Waals surface area contributed by atoms with Gasteiger partial charge in [0.1, 0.15) is 12.1 Å². The molecule has 0 aliphatic carbocycles. The monoisotopic (exact) mass is 284 g/mol. The van der Waals surface area contributed by atoms with Gasteiger partial charge in [-0.2, -0.15) is 0 Å². The number of hydrogen-bond acceptors (Lipinski definition) is 4. The highest BCUT2D eigenvalue weighted by Gasteiger charge is 2.20. The minimum atomic E-state index is 0.593. The van der Waals surface area contributed by atoms with Crippen LogP contribution in [0.25, 0.3) is 10.9 Å². The highest BCUT2D eigenvalue weighted by atomic mass is 15.2. The second-order valence-electron chi connectivity index (χ2n) is 5.81. The van der Waals surface area contributed by atoms with Crippen LogP contribution in [0.15, 0.2) is 30.6 Å². The van der Waals surface area contributed by atoms with E-state index in [2.05, 4.69) is 45.3 Å². The SMILES string of the molecule is CCCCN(CC1CCCN1)c1ncnc2ccccc12. The molecule has 112 valence electrons. The van der Waals surface area contributed by atoms with Gasteiger partial charge in [0, 0.05) is 24.5 Å². The average Bonchev–Trinajstić information content (AvgIpc) is 3.04. The number of nitrogens with zero attached hydrogens (tertiary/aromatic N) is 3. The number of anilines is 1. The summed E-state index contributed by atoms with van der Waals surface area (Å²) < 4.78 is 0. The summed E-state index contributed by atoms with van der Waals surface area (Å²) in [5, 5.41) is 4.76. The third kappa shape index (κ3) is 3.32. The molecule has 0 amide bonds. The first kappa shape index (κ1) is 14.3. The summed E-state index contributed by atoms with van der Waals surface area (Å²) in [6, 6.07) is 8.89. The molecule has 2 heterocycles. The largest absolute Gasteiger partial charge is 0.354 e. The third-order valence-electron chi connectivity index (χ3n) is 4.21. The van der Waals surface area contributed by atoms with Crippen molar-refractivity contribution in [2.75, 3.05) is 24.5 Å². The van der Waals surface area contributed by atoms with Gasteiger partial charge in [-0.3, -0.25) is 0 Å². The molecular formula is C17H24N4. The van der Waals surface area contributed by atoms with Crippen LogP contribution in [0, 0.1) is 0 Å². The predicted molar refractivity (Wildman–Crippen MR) is 87.7 cm³/mol. The molecule has 1 aromatic heterocycles. The van der Waals surface area contributed by atoms with Crippen LogP contribution in [-0.2, 0) is 0 Å². The summed E-state index contributed by atoms with van der Waals surface area (Å²) in [5.41, 5.74) is 1.03. The quantitative estimate of drug-likeness (QED) is 0.885. The first-order valence-electron chi connectivity index (χ1n) is 8.06. The van der Waals surface area contributed by atoms with Crippen LogP contribution in [0.2, 0.25) is 0 Å². The maximum absolute atomic E-state index is 4.59. The topological polar surface area (TPSA) is 41.0 Å². The van der Waals surface area contributed by atoms with Crippen LogP contribution in [0.3, 0.4) is 0 Å². The summed E-state index contributed by atoms with van der Waals surface area (Å²) in [6.45, 7) is 5.50. The van der Waals surface area contributed by atoms with Gasteiger partial charge in [0.05, 0.1) is 5.52 Å². The zero-order chi connectivity index (χ0) is 14.5. The molecule has 1 fully saturated rings. The van der Waals surface area contributed by atoms with Crippen LogP contribution in [0.4, 0.5) is 5.82 Å². The van der Waals surface area contributed by atoms with E-state index in [1.807, 2.05) is 6.07 Å². The Labute approximate surface area is 126 Å². The molecule has 1 N–H and O–H groups in total. The molecule has 1 aromatic carbocycles. The minimum Gasteiger partial charge on any atom is -0.354 e. The smallest absolute Gasteiger partial charge is 0.139 e. The van der Waals surface area contributed by atoms with Crippen LogP contribution in [0.5, 0.6) is 0 Å². The van der Waals surface area contributed by atoms with Crippen molar-refractivity contribution in [3.63, 3.8) is 0 Å². The van der Waals surface area contributed by atoms with Gasteiger partial charge in [0.15, 0.2) is 0 Å². The lowest BCUT2D eigenvalue weighted by atomic mass is 10.1. The Kier molecular flexibility index (Phi) is 4.65. The fraction of sp³-hybridized carbons (Fsp3) is 0.529. The number of aromatic nitrogens is 2. The maximum Gasteiger partial charge on any atom is 0.139 e. The highest BCUT2D eigenvalue weighted by Crippen LogP contribution is 2.24. The van der Waals surface area contributed by atoms with E-state index in [-0.39, 0.29) is 0 Å². The van der Waals surface area contributed by atoms with Crippen molar-refractivity contribution in [2.24, 2.45) is 0 Å². The van der Waals surface area contributed by atoms with Gasteiger partial charge in [0.2, 0.25) is 0 Å². The van der Waals surface area contributed by atoms with Crippen molar-refractivity contribution in [2.45, 2.75) is 38.6 Å². The number of nitrogens with one attached hydrogen (secondary N) is 1. The van der Waals surface area contributed by atoms with Crippen LogP contribution >= 0.6 is 0 Å². The molecular weight excluding hydrogens is 260 g/mol. The van der Waals surface area contributed by atoms with Crippen molar-refractivity contribution in [3.05, 3.63) is 30.6 Å². The van der Waals surface area contributed by atoms with Gasteiger partial charge in [0.25, 0.3) is 0 Å². The van der Waals surface area contributed by atoms with Crippen LogP contribution in [-0.4, -0.2) is 35.6 Å². The summed E-state index contributed by atoms with van der Waals surface area (Å²) >= 11 is 0. The normalized spacial score (nSPS) is 18.2. The van der Waals surface area contributed by atoms with Crippen molar-refractivity contribution >= 4 is 16.7 Å². The van der Waals surface area contributed by atoms with Gasteiger partial charge >= 0.3 is 0 Å². The summed E-state index contributed by atoms with van der Waals surface area (Å²) in [7, 11) is 0. The number of benzene rings is 1. The van der Waals surface area contributed by atoms with Crippen molar-refractivity contribution in [1.29, 1.82) is 0 Å². The van der Waals surface area contributed by atoms with E-state index in [9.17, 15) is 0 Å². The van der Waals surface area contributed by atoms with E-state index in [1.165, 1.54) is 25.7 Å². The first-order chi connectivity index (χ1) is 10.4. The number of para-hydroxylation sites is 1. The lowest BCUT2D eigenvalue weighted by Crippen LogP contribution is -2.38. The summed E-state index contributed by atoms with van der Waals surface area (Å²) in [4.78, 5) is 11.4. The molecule has 0 spiro atoms. The van der Waals surface area contributed by atoms with Gasteiger partial charge in [-0.25, -0.2) is 9.97 Å². The molecule has 1 saturated heterocycles. The molecule has 3 rings (SSSR count). The Bertz CT molecular complexity index is 573. The number of fused-ring (bicyclic) bond motifs is 1. The molecule has 1 aliphatic heterocycles. The van der Waals surface area contributed by atoms with Crippen molar-refractivity contribution in [3.8, 4) is 0 Å². The van der Waals surface area contributed by atoms with E-state index < -0.39 is 0 Å². The van der Waals surface area contributed by atoms with Crippen LogP contribution < -0.4 is 10.2 Å². The fourth-order valence-electron chi connectivity index (χ4n) is 3.05. The van der Waals surface area contributed by atoms with E-state index in [4.69, 9.17) is 0 Å². The number of rotatable bonds is 6. The van der Waals surface area contributed by atoms with Crippen LogP contribution in [0.1, 0.15) is 32.6 Å². The van der Waals surface area contributed by atoms with Gasteiger partial charge in [-0.15, -0.1) is 0 Å². The lowest BCUT2D eigenvalue weighted by molar-refractivity contribution is 0.570. The maximum atomic E-state index is 4.59. The Balaban J connectivity index is 1.89. The van der Waals surface area contributed by atoms with E-state index >= 15 is 0 Å². The summed E-state index contributed by atoms with van der Waals surface area (Å²) in [5.74, 6) is 1.09. The number of hydrogen-bond donors (Lipinski definition) is 1. The van der Waals surface area contributed by atoms with Gasteiger partial charge in [-0.05, 0) is 37.9 Å². The molecule has 1 aliphatic rings. The molecule has 2 aromatic rings. The first-order valence-corrected chi connectivity index (χ1v) is 8.06. The molecule has 21 heavy (non-hydrogen) atoms. The molecule has 4 nitrogen and oxygen atoms in total. The van der Waals surface area contributed by atoms with Crippen molar-refractivity contribution in [1.82, 2.24) is 15.3 Å². The minimum absolute atomic E-state index is 0.593. The predicted octanol–water partition coefficient (Wildman–Crippen LogP) is 2.99. The molecule has 1 atom stereocenters. The molecule has 0 radical (unpaired) electrons. The zero-order valence-electron chi connectivity index (χ0n) is 12.8. The second kappa shape index (κ2) is 6.85. The Hall–Kier alpha value is -1.68. The van der Waals surface area contributed by atoms with E-state index in [1.54, 1.807) is 6.33 Å². The lowest BCUT2D eigenvalue weighted by Gasteiger charge is -2.27. The molecule has 1 unspecified atom stereocenters. The average molecular weight is 284 g/mol. The fourth-order valence-corrected chi connectivity index (χ4v) is 3.05. The van der Waals surface area contributed by atoms with Crippen molar-refractivity contribution < 1.29 is 0 Å². The third-order valence-corrected chi connectivity index (χ3v) is 4.21. The van der Waals surface area contributed by atoms with E-state index in [0.717, 1.165) is 36.4 Å². The summed E-state index contributed by atoms with van der Waals surface area (Å²) in [6.07, 6.45) is 6.66. The van der Waals surface area contributed by atoms with E-state index in [0.29, 0.717) is 6.04 Å². The second-order valence-corrected chi connectivity index (χ2v) is 5.81. The zero-order valence-corrected chi connectivity index (χ0v) is 12.8. The molecule has 0 bridgehead atoms. The van der Waals surface area contributed by atoms with Gasteiger partial charge in [-0.1, -0.05) is 25.5 Å². The standard InChI is InChI=1S/C17H24N4/c1-2-3-11-21(12-14-7-6-10-18-14)17-15-8-4-5-9-16(15)19-13-20-17/h4-5,8-9,13-14,18H,2-3,6-7,10-12H2,1H3. The highest BCUT2D eigenvalue weighted by molar-refractivity contribution is 5.89.